The summed E-state index contributed by atoms with van der Waals surface area (Å²) in [7, 11) is 3.80. The summed E-state index contributed by atoms with van der Waals surface area (Å²) in [4.78, 5) is 26.2. The van der Waals surface area contributed by atoms with E-state index in [1.54, 1.807) is 24.0 Å². The molecule has 1 spiro atoms. The van der Waals surface area contributed by atoms with Gasteiger partial charge in [0.25, 0.3) is 0 Å². The van der Waals surface area contributed by atoms with Gasteiger partial charge < -0.3 is 20.3 Å². The van der Waals surface area contributed by atoms with Crippen LogP contribution in [0.3, 0.4) is 0 Å². The lowest BCUT2D eigenvalue weighted by molar-refractivity contribution is -0.111. The number of amides is 1. The van der Waals surface area contributed by atoms with Gasteiger partial charge in [-0.25, -0.2) is 14.5 Å². The van der Waals surface area contributed by atoms with Crippen LogP contribution in [-0.2, 0) is 4.79 Å². The molecule has 5 heterocycles. The van der Waals surface area contributed by atoms with Gasteiger partial charge in [-0.3, -0.25) is 9.69 Å². The number of hydrogen-bond acceptors (Lipinski definition) is 8. The molecule has 2 saturated heterocycles. The van der Waals surface area contributed by atoms with Gasteiger partial charge in [-0.05, 0) is 50.7 Å². The molecular formula is C28H29ClN8O2. The van der Waals surface area contributed by atoms with Gasteiger partial charge in [-0.15, -0.1) is 0 Å². The predicted octanol–water partition coefficient (Wildman–Crippen LogP) is 4.61. The van der Waals surface area contributed by atoms with Crippen molar-refractivity contribution in [2.45, 2.75) is 18.4 Å². The number of carbonyl (C=O) groups excluding carboxylic acids is 1. The quantitative estimate of drug-likeness (QED) is 0.325. The molecule has 39 heavy (non-hydrogen) atoms. The molecular weight excluding hydrogens is 516 g/mol. The zero-order valence-corrected chi connectivity index (χ0v) is 22.6. The van der Waals surface area contributed by atoms with Crippen LogP contribution in [0.1, 0.15) is 12.8 Å². The summed E-state index contributed by atoms with van der Waals surface area (Å²) >= 11 is 6.51. The summed E-state index contributed by atoms with van der Waals surface area (Å²) in [5.74, 6) is 0.629. The van der Waals surface area contributed by atoms with Gasteiger partial charge in [-0.1, -0.05) is 24.2 Å². The number of rotatable bonds is 7. The number of benzene rings is 1. The summed E-state index contributed by atoms with van der Waals surface area (Å²) in [6.45, 7) is 6.50. The number of carbonyl (C=O) groups is 1. The van der Waals surface area contributed by atoms with Gasteiger partial charge in [-0.2, -0.15) is 5.10 Å². The molecule has 3 aromatic heterocycles. The van der Waals surface area contributed by atoms with E-state index in [0.717, 1.165) is 36.4 Å². The van der Waals surface area contributed by atoms with Gasteiger partial charge in [0, 0.05) is 30.9 Å². The second-order valence-electron chi connectivity index (χ2n) is 9.97. The van der Waals surface area contributed by atoms with Gasteiger partial charge in [0.2, 0.25) is 11.9 Å². The first kappa shape index (κ1) is 25.1. The first-order valence-electron chi connectivity index (χ1n) is 12.7. The van der Waals surface area contributed by atoms with E-state index >= 15 is 0 Å². The van der Waals surface area contributed by atoms with Crippen molar-refractivity contribution in [3.63, 3.8) is 0 Å². The molecule has 2 N–H and O–H groups in total. The molecule has 1 aromatic carbocycles. The number of nitrogens with one attached hydrogen (secondary N) is 2. The Balaban J connectivity index is 1.34. The second-order valence-corrected chi connectivity index (χ2v) is 10.4. The van der Waals surface area contributed by atoms with Crippen molar-refractivity contribution in [3.8, 4) is 17.0 Å². The highest BCUT2D eigenvalue weighted by Crippen LogP contribution is 2.45. The first-order valence-corrected chi connectivity index (χ1v) is 13.1. The minimum Gasteiger partial charge on any atom is -0.494 e. The molecule has 200 valence electrons. The minimum atomic E-state index is -0.293. The topological polar surface area (TPSA) is 99.9 Å². The fourth-order valence-corrected chi connectivity index (χ4v) is 5.74. The largest absolute Gasteiger partial charge is 0.494 e. The maximum atomic E-state index is 12.4. The van der Waals surface area contributed by atoms with E-state index < -0.39 is 0 Å². The lowest BCUT2D eigenvalue weighted by atomic mass is 9.86. The van der Waals surface area contributed by atoms with Crippen LogP contribution in [0.4, 0.5) is 23.0 Å². The number of nitrogens with zero attached hydrogens (tertiary/aromatic N) is 6. The van der Waals surface area contributed by atoms with Crippen LogP contribution in [0.5, 0.6) is 5.75 Å². The zero-order valence-electron chi connectivity index (χ0n) is 21.8. The van der Waals surface area contributed by atoms with Crippen molar-refractivity contribution in [3.05, 3.63) is 66.6 Å². The molecule has 0 unspecified atom stereocenters. The van der Waals surface area contributed by atoms with Crippen LogP contribution in [0, 0.1) is 0 Å². The molecule has 2 aliphatic rings. The molecule has 2 fully saturated rings. The number of methoxy groups -OCH3 is 1. The number of ether oxygens (including phenoxy) is 1. The Morgan fingerprint density at radius 1 is 1.23 bits per heavy atom. The normalized spacial score (nSPS) is 16.3. The van der Waals surface area contributed by atoms with Crippen LogP contribution in [0.25, 0.3) is 16.8 Å². The monoisotopic (exact) mass is 544 g/mol. The van der Waals surface area contributed by atoms with Crippen LogP contribution >= 0.6 is 11.6 Å². The number of halogens is 1. The maximum absolute atomic E-state index is 12.4. The molecule has 0 aliphatic carbocycles. The smallest absolute Gasteiger partial charge is 0.247 e. The van der Waals surface area contributed by atoms with E-state index in [1.165, 1.54) is 18.9 Å². The second kappa shape index (κ2) is 9.87. The Morgan fingerprint density at radius 3 is 2.82 bits per heavy atom. The highest BCUT2D eigenvalue weighted by atomic mass is 35.5. The van der Waals surface area contributed by atoms with Gasteiger partial charge in [0.05, 0.1) is 58.3 Å². The van der Waals surface area contributed by atoms with Gasteiger partial charge >= 0.3 is 0 Å². The zero-order chi connectivity index (χ0) is 27.1. The van der Waals surface area contributed by atoms with Crippen molar-refractivity contribution in [2.24, 2.45) is 0 Å². The van der Waals surface area contributed by atoms with Crippen molar-refractivity contribution in [1.82, 2.24) is 24.5 Å². The Kier molecular flexibility index (Phi) is 6.36. The number of anilines is 4. The van der Waals surface area contributed by atoms with Crippen LogP contribution < -0.4 is 20.3 Å². The van der Waals surface area contributed by atoms with Crippen molar-refractivity contribution in [1.29, 1.82) is 0 Å². The molecule has 4 aromatic rings. The SMILES string of the molecule is C=CC(=O)Nc1cc(Nc2ncc(Cl)c(-c3cnn4ccccc34)n2)c(OC)cc1N1CC2(CCCN2C)C1. The minimum absolute atomic E-state index is 0.190. The summed E-state index contributed by atoms with van der Waals surface area (Å²) < 4.78 is 7.52. The molecule has 0 radical (unpaired) electrons. The van der Waals surface area contributed by atoms with E-state index in [9.17, 15) is 4.79 Å². The number of likely N-dealkylation sites (N-methyl/N-ethyl adjacent to an activating group) is 1. The van der Waals surface area contributed by atoms with E-state index in [4.69, 9.17) is 21.3 Å². The highest BCUT2D eigenvalue weighted by molar-refractivity contribution is 6.33. The Labute approximate surface area is 231 Å². The molecule has 11 heteroatoms. The number of likely N-dealkylation sites (tertiary alicyclic amines) is 1. The molecule has 2 aliphatic heterocycles. The first-order chi connectivity index (χ1) is 18.9. The Bertz CT molecular complexity index is 1580. The average molecular weight is 545 g/mol. The number of aromatic nitrogens is 4. The van der Waals surface area contributed by atoms with Crippen molar-refractivity contribution in [2.75, 3.05) is 49.3 Å². The third-order valence-corrected chi connectivity index (χ3v) is 7.97. The third-order valence-electron chi connectivity index (χ3n) is 7.69. The predicted molar refractivity (Wildman–Crippen MR) is 153 cm³/mol. The average Bonchev–Trinajstić information content (AvgIpc) is 3.53. The number of pyridine rings is 1. The Morgan fingerprint density at radius 2 is 2.08 bits per heavy atom. The van der Waals surface area contributed by atoms with E-state index in [-0.39, 0.29) is 11.4 Å². The molecule has 1 amide bonds. The standard InChI is InChI=1S/C28H29ClN8O2/c1-4-25(38)32-20-12-21(24(39-3)13-23(20)36-16-28(17-36)9-7-10-35(28)2)33-27-30-15-19(29)26(34-27)18-14-31-37-11-6-5-8-22(18)37/h4-6,8,11-15H,1,7,9-10,16-17H2,2-3H3,(H,32,38)(H,30,33,34). The van der Waals surface area contributed by atoms with Crippen molar-refractivity contribution >= 4 is 46.0 Å². The number of hydrogen-bond donors (Lipinski definition) is 2. The highest BCUT2D eigenvalue weighted by Gasteiger charge is 2.49. The van der Waals surface area contributed by atoms with E-state index in [2.05, 4.69) is 44.1 Å². The van der Waals surface area contributed by atoms with Crippen LogP contribution in [-0.4, -0.2) is 69.7 Å². The van der Waals surface area contributed by atoms with Crippen molar-refractivity contribution < 1.29 is 9.53 Å². The summed E-state index contributed by atoms with van der Waals surface area (Å²) in [6, 6.07) is 9.57. The molecule has 6 rings (SSSR count). The fraction of sp³-hybridized carbons (Fsp3) is 0.286. The summed E-state index contributed by atoms with van der Waals surface area (Å²) in [6.07, 6.45) is 8.78. The van der Waals surface area contributed by atoms with Crippen LogP contribution in [0.15, 0.2) is 61.6 Å². The third kappa shape index (κ3) is 4.45. The molecule has 0 bridgehead atoms. The lowest BCUT2D eigenvalue weighted by Crippen LogP contribution is -2.67. The summed E-state index contributed by atoms with van der Waals surface area (Å²) in [5.41, 5.74) is 4.55. The fourth-order valence-electron chi connectivity index (χ4n) is 5.54. The lowest BCUT2D eigenvalue weighted by Gasteiger charge is -2.53. The molecule has 0 saturated carbocycles. The van der Waals surface area contributed by atoms with E-state index in [0.29, 0.717) is 33.8 Å². The Hall–Kier alpha value is -4.15. The maximum Gasteiger partial charge on any atom is 0.247 e. The van der Waals surface area contributed by atoms with Gasteiger partial charge in [0.1, 0.15) is 5.75 Å². The van der Waals surface area contributed by atoms with Crippen LogP contribution in [0.2, 0.25) is 5.02 Å². The summed E-state index contributed by atoms with van der Waals surface area (Å²) in [5, 5.41) is 11.0. The molecule has 0 atom stereocenters. The number of fused-ring (bicyclic) bond motifs is 1. The van der Waals surface area contributed by atoms with Gasteiger partial charge in [0.15, 0.2) is 0 Å². The van der Waals surface area contributed by atoms with E-state index in [1.807, 2.05) is 36.5 Å². The molecule has 10 nitrogen and oxygen atoms in total.